The zero-order chi connectivity index (χ0) is 9.90. The molecule has 72 valence electrons. The summed E-state index contributed by atoms with van der Waals surface area (Å²) in [5, 5.41) is 0.817. The minimum Gasteiger partial charge on any atom is -0.330 e. The van der Waals surface area contributed by atoms with Crippen LogP contribution in [-0.2, 0) is 5.41 Å². The van der Waals surface area contributed by atoms with Crippen LogP contribution in [0.1, 0.15) is 25.8 Å². The van der Waals surface area contributed by atoms with Gasteiger partial charge in [0.2, 0.25) is 0 Å². The first kappa shape index (κ1) is 10.6. The number of hydrogen-bond donors (Lipinski definition) is 1. The maximum Gasteiger partial charge on any atom is 0.0444 e. The average molecular weight is 198 g/mol. The van der Waals surface area contributed by atoms with Crippen molar-refractivity contribution in [3.05, 3.63) is 34.9 Å². The van der Waals surface area contributed by atoms with E-state index in [1.54, 1.807) is 0 Å². The Morgan fingerprint density at radius 1 is 1.38 bits per heavy atom. The van der Waals surface area contributed by atoms with Crippen LogP contribution in [-0.4, -0.2) is 6.54 Å². The Balaban J connectivity index is 3.12. The van der Waals surface area contributed by atoms with Gasteiger partial charge in [0.05, 0.1) is 0 Å². The molecule has 0 spiro atoms. The molecular formula is C11H16ClN. The summed E-state index contributed by atoms with van der Waals surface area (Å²) in [5.74, 6) is 0. The molecule has 0 radical (unpaired) electrons. The minimum atomic E-state index is 0.0122. The van der Waals surface area contributed by atoms with Crippen LogP contribution in [0.2, 0.25) is 5.02 Å². The number of nitrogens with two attached hydrogens (primary N) is 1. The van der Waals surface area contributed by atoms with Crippen molar-refractivity contribution >= 4 is 11.6 Å². The predicted octanol–water partition coefficient (Wildman–Crippen LogP) is 2.97. The quantitative estimate of drug-likeness (QED) is 0.792. The number of halogens is 1. The molecule has 0 amide bonds. The van der Waals surface area contributed by atoms with E-state index in [1.807, 2.05) is 18.2 Å². The molecule has 1 aromatic carbocycles. The van der Waals surface area contributed by atoms with E-state index in [0.717, 1.165) is 17.0 Å². The van der Waals surface area contributed by atoms with Gasteiger partial charge in [-0.15, -0.1) is 0 Å². The molecule has 1 rings (SSSR count). The maximum atomic E-state index is 6.11. The first-order valence-corrected chi connectivity index (χ1v) is 4.97. The third-order valence-corrected chi connectivity index (χ3v) is 3.08. The second-order valence-electron chi connectivity index (χ2n) is 3.60. The first-order valence-electron chi connectivity index (χ1n) is 4.59. The molecule has 13 heavy (non-hydrogen) atoms. The van der Waals surface area contributed by atoms with Crippen molar-refractivity contribution in [2.45, 2.75) is 25.7 Å². The minimum absolute atomic E-state index is 0.0122. The van der Waals surface area contributed by atoms with Gasteiger partial charge in [-0.2, -0.15) is 0 Å². The van der Waals surface area contributed by atoms with Crippen molar-refractivity contribution in [2.24, 2.45) is 5.73 Å². The van der Waals surface area contributed by atoms with Gasteiger partial charge in [0.25, 0.3) is 0 Å². The summed E-state index contributed by atoms with van der Waals surface area (Å²) in [6, 6.07) is 7.92. The summed E-state index contributed by atoms with van der Waals surface area (Å²) >= 11 is 6.11. The van der Waals surface area contributed by atoms with Crippen LogP contribution in [0.15, 0.2) is 24.3 Å². The Morgan fingerprint density at radius 2 is 2.00 bits per heavy atom. The van der Waals surface area contributed by atoms with Crippen molar-refractivity contribution < 1.29 is 0 Å². The predicted molar refractivity (Wildman–Crippen MR) is 58.1 cm³/mol. The highest BCUT2D eigenvalue weighted by atomic mass is 35.5. The van der Waals surface area contributed by atoms with Crippen LogP contribution < -0.4 is 5.73 Å². The largest absolute Gasteiger partial charge is 0.330 e. The molecule has 0 saturated heterocycles. The molecule has 0 fully saturated rings. The second kappa shape index (κ2) is 4.12. The molecule has 0 heterocycles. The van der Waals surface area contributed by atoms with Crippen LogP contribution in [0.4, 0.5) is 0 Å². The van der Waals surface area contributed by atoms with Crippen molar-refractivity contribution in [1.29, 1.82) is 0 Å². The molecular weight excluding hydrogens is 182 g/mol. The lowest BCUT2D eigenvalue weighted by Crippen LogP contribution is -2.31. The standard InChI is InChI=1S/C11H16ClN/c1-3-11(2,8-13)9-6-4-5-7-10(9)12/h4-7H,3,8,13H2,1-2H3. The Kier molecular flexibility index (Phi) is 3.34. The maximum absolute atomic E-state index is 6.11. The highest BCUT2D eigenvalue weighted by Crippen LogP contribution is 2.31. The van der Waals surface area contributed by atoms with E-state index in [9.17, 15) is 0 Å². The fourth-order valence-electron chi connectivity index (χ4n) is 1.40. The van der Waals surface area contributed by atoms with Gasteiger partial charge in [0.15, 0.2) is 0 Å². The number of rotatable bonds is 3. The summed E-state index contributed by atoms with van der Waals surface area (Å²) in [6.07, 6.45) is 1.01. The van der Waals surface area contributed by atoms with Crippen molar-refractivity contribution in [3.8, 4) is 0 Å². The van der Waals surface area contributed by atoms with Gasteiger partial charge in [-0.25, -0.2) is 0 Å². The molecule has 1 nitrogen and oxygen atoms in total. The van der Waals surface area contributed by atoms with Crippen molar-refractivity contribution in [2.75, 3.05) is 6.54 Å². The summed E-state index contributed by atoms with van der Waals surface area (Å²) < 4.78 is 0. The SMILES string of the molecule is CCC(C)(CN)c1ccccc1Cl. The van der Waals surface area contributed by atoms with Crippen LogP contribution in [0.25, 0.3) is 0 Å². The van der Waals surface area contributed by atoms with Crippen LogP contribution in [0, 0.1) is 0 Å². The molecule has 1 atom stereocenters. The summed E-state index contributed by atoms with van der Waals surface area (Å²) in [7, 11) is 0. The van der Waals surface area contributed by atoms with E-state index in [4.69, 9.17) is 17.3 Å². The van der Waals surface area contributed by atoms with E-state index < -0.39 is 0 Å². The fraction of sp³-hybridized carbons (Fsp3) is 0.455. The van der Waals surface area contributed by atoms with Gasteiger partial charge in [0.1, 0.15) is 0 Å². The van der Waals surface area contributed by atoms with Gasteiger partial charge >= 0.3 is 0 Å². The van der Waals surface area contributed by atoms with E-state index >= 15 is 0 Å². The average Bonchev–Trinajstić information content (AvgIpc) is 2.17. The van der Waals surface area contributed by atoms with E-state index in [2.05, 4.69) is 19.9 Å². The Labute approximate surface area is 84.9 Å². The first-order chi connectivity index (χ1) is 6.14. The normalized spacial score (nSPS) is 15.4. The zero-order valence-electron chi connectivity index (χ0n) is 8.18. The molecule has 1 aromatic rings. The van der Waals surface area contributed by atoms with E-state index in [0.29, 0.717) is 6.54 Å². The third-order valence-electron chi connectivity index (χ3n) is 2.75. The van der Waals surface area contributed by atoms with Gasteiger partial charge in [-0.1, -0.05) is 43.6 Å². The second-order valence-corrected chi connectivity index (χ2v) is 4.01. The van der Waals surface area contributed by atoms with E-state index in [-0.39, 0.29) is 5.41 Å². The lowest BCUT2D eigenvalue weighted by atomic mass is 9.80. The molecule has 2 heteroatoms. The molecule has 0 aliphatic rings. The van der Waals surface area contributed by atoms with Gasteiger partial charge in [-0.3, -0.25) is 0 Å². The van der Waals surface area contributed by atoms with Crippen molar-refractivity contribution in [1.82, 2.24) is 0 Å². The number of hydrogen-bond acceptors (Lipinski definition) is 1. The fourth-order valence-corrected chi connectivity index (χ4v) is 1.76. The molecule has 0 saturated carbocycles. The van der Waals surface area contributed by atoms with Gasteiger partial charge in [-0.05, 0) is 18.1 Å². The lowest BCUT2D eigenvalue weighted by molar-refractivity contribution is 0.467. The van der Waals surface area contributed by atoms with Gasteiger partial charge < -0.3 is 5.73 Å². The summed E-state index contributed by atoms with van der Waals surface area (Å²) in [6.45, 7) is 4.91. The Morgan fingerprint density at radius 3 is 2.46 bits per heavy atom. The molecule has 0 aliphatic heterocycles. The van der Waals surface area contributed by atoms with Gasteiger partial charge in [0, 0.05) is 17.0 Å². The molecule has 1 unspecified atom stereocenters. The summed E-state index contributed by atoms with van der Waals surface area (Å²) in [4.78, 5) is 0. The third kappa shape index (κ3) is 2.04. The van der Waals surface area contributed by atoms with Crippen LogP contribution in [0.3, 0.4) is 0 Å². The van der Waals surface area contributed by atoms with Crippen LogP contribution >= 0.6 is 11.6 Å². The molecule has 0 aliphatic carbocycles. The monoisotopic (exact) mass is 197 g/mol. The Bertz CT molecular complexity index is 279. The van der Waals surface area contributed by atoms with Crippen LogP contribution in [0.5, 0.6) is 0 Å². The molecule has 0 bridgehead atoms. The summed E-state index contributed by atoms with van der Waals surface area (Å²) in [5.41, 5.74) is 6.93. The molecule has 2 N–H and O–H groups in total. The Hall–Kier alpha value is -0.530. The topological polar surface area (TPSA) is 26.0 Å². The highest BCUT2D eigenvalue weighted by molar-refractivity contribution is 6.31. The zero-order valence-corrected chi connectivity index (χ0v) is 8.93. The molecule has 0 aromatic heterocycles. The lowest BCUT2D eigenvalue weighted by Gasteiger charge is -2.27. The van der Waals surface area contributed by atoms with E-state index in [1.165, 1.54) is 0 Å². The number of benzene rings is 1. The van der Waals surface area contributed by atoms with Crippen molar-refractivity contribution in [3.63, 3.8) is 0 Å². The smallest absolute Gasteiger partial charge is 0.0444 e. The highest BCUT2D eigenvalue weighted by Gasteiger charge is 2.24.